The highest BCUT2D eigenvalue weighted by molar-refractivity contribution is 5.94. The van der Waals surface area contributed by atoms with E-state index in [4.69, 9.17) is 10.9 Å². The van der Waals surface area contributed by atoms with E-state index in [9.17, 15) is 0 Å². The van der Waals surface area contributed by atoms with E-state index >= 15 is 0 Å². The molecule has 2 rings (SSSR count). The molecule has 0 unspecified atom stereocenters. The second-order valence-corrected chi connectivity index (χ2v) is 3.95. The normalized spacial score (nSPS) is 11.8. The van der Waals surface area contributed by atoms with E-state index in [1.165, 1.54) is 12.4 Å². The minimum Gasteiger partial charge on any atom is -0.409 e. The molecule has 2 aromatic rings. The number of hydrogen-bond donors (Lipinski definition) is 2. The first-order chi connectivity index (χ1) is 8.54. The van der Waals surface area contributed by atoms with E-state index < -0.39 is 0 Å². The predicted octanol–water partition coefficient (Wildman–Crippen LogP) is 0.682. The van der Waals surface area contributed by atoms with E-state index in [1.54, 1.807) is 4.68 Å². The van der Waals surface area contributed by atoms with Gasteiger partial charge in [-0.1, -0.05) is 5.16 Å². The lowest BCUT2D eigenvalue weighted by Crippen LogP contribution is -2.16. The second-order valence-electron chi connectivity index (χ2n) is 3.95. The number of oxime groups is 1. The third-order valence-electron chi connectivity index (χ3n) is 2.88. The lowest BCUT2D eigenvalue weighted by Gasteiger charge is -2.03. The van der Waals surface area contributed by atoms with Gasteiger partial charge < -0.3 is 10.9 Å². The zero-order chi connectivity index (χ0) is 13.3. The van der Waals surface area contributed by atoms with Gasteiger partial charge in [-0.3, -0.25) is 0 Å². The molecule has 18 heavy (non-hydrogen) atoms. The summed E-state index contributed by atoms with van der Waals surface area (Å²) in [6.07, 6.45) is 2.97. The molecule has 0 atom stereocenters. The predicted molar refractivity (Wildman–Crippen MR) is 65.9 cm³/mol. The maximum Gasteiger partial charge on any atom is 0.190 e. The van der Waals surface area contributed by atoms with Crippen molar-refractivity contribution in [2.24, 2.45) is 10.9 Å². The van der Waals surface area contributed by atoms with Crippen LogP contribution in [-0.4, -0.2) is 30.8 Å². The fourth-order valence-corrected chi connectivity index (χ4v) is 1.56. The number of aromatic nitrogens is 4. The quantitative estimate of drug-likeness (QED) is 0.351. The molecule has 3 N–H and O–H groups in total. The van der Waals surface area contributed by atoms with Crippen LogP contribution in [0.2, 0.25) is 0 Å². The van der Waals surface area contributed by atoms with E-state index in [0.29, 0.717) is 11.5 Å². The molecule has 2 aromatic heterocycles. The Morgan fingerprint density at radius 1 is 1.28 bits per heavy atom. The Bertz CT molecular complexity index is 599. The Labute approximate surface area is 104 Å². The van der Waals surface area contributed by atoms with Gasteiger partial charge in [0.25, 0.3) is 0 Å². The standard InChI is InChI=1S/C11H14N6O/c1-6-7(2)15-17(8(6)3)10-5-13-9(4-14-10)11(12)16-18/h4-5,18H,1-3H3,(H2,12,16). The first-order valence-corrected chi connectivity index (χ1v) is 5.37. The molecule has 0 radical (unpaired) electrons. The largest absolute Gasteiger partial charge is 0.409 e. The molecule has 7 heteroatoms. The summed E-state index contributed by atoms with van der Waals surface area (Å²) in [6.45, 7) is 5.91. The molecule has 94 valence electrons. The Hall–Kier alpha value is -2.44. The van der Waals surface area contributed by atoms with Crippen LogP contribution in [0.5, 0.6) is 0 Å². The Kier molecular flexibility index (Phi) is 2.97. The minimum atomic E-state index is -0.0707. The number of rotatable bonds is 2. The first kappa shape index (κ1) is 12.0. The van der Waals surface area contributed by atoms with Crippen molar-refractivity contribution in [3.8, 4) is 5.82 Å². The number of amidine groups is 1. The summed E-state index contributed by atoms with van der Waals surface area (Å²) in [4.78, 5) is 8.27. The highest BCUT2D eigenvalue weighted by atomic mass is 16.4. The van der Waals surface area contributed by atoms with Crippen LogP contribution in [0, 0.1) is 20.8 Å². The van der Waals surface area contributed by atoms with Crippen molar-refractivity contribution in [1.82, 2.24) is 19.7 Å². The minimum absolute atomic E-state index is 0.0707. The molecule has 0 aliphatic carbocycles. The van der Waals surface area contributed by atoms with E-state index in [1.807, 2.05) is 20.8 Å². The van der Waals surface area contributed by atoms with Crippen molar-refractivity contribution < 1.29 is 5.21 Å². The third-order valence-corrected chi connectivity index (χ3v) is 2.88. The summed E-state index contributed by atoms with van der Waals surface area (Å²) < 4.78 is 1.72. The Balaban J connectivity index is 2.43. The summed E-state index contributed by atoms with van der Waals surface area (Å²) in [5.74, 6) is 0.525. The zero-order valence-electron chi connectivity index (χ0n) is 10.4. The third kappa shape index (κ3) is 1.90. The molecule has 0 saturated heterocycles. The first-order valence-electron chi connectivity index (χ1n) is 5.37. The lowest BCUT2D eigenvalue weighted by atomic mass is 10.2. The number of hydrogen-bond acceptors (Lipinski definition) is 5. The highest BCUT2D eigenvalue weighted by Gasteiger charge is 2.10. The molecule has 0 aliphatic heterocycles. The van der Waals surface area contributed by atoms with Gasteiger partial charge in [-0.25, -0.2) is 14.6 Å². The van der Waals surface area contributed by atoms with Gasteiger partial charge in [0, 0.05) is 5.69 Å². The van der Waals surface area contributed by atoms with Crippen molar-refractivity contribution in [3.05, 3.63) is 35.0 Å². The molecule has 0 amide bonds. The SMILES string of the molecule is Cc1nn(-c2cnc(C(N)=NO)cn2)c(C)c1C. The van der Waals surface area contributed by atoms with Crippen LogP contribution >= 0.6 is 0 Å². The molecule has 0 fully saturated rings. The maximum atomic E-state index is 8.54. The van der Waals surface area contributed by atoms with Crippen molar-refractivity contribution in [2.45, 2.75) is 20.8 Å². The van der Waals surface area contributed by atoms with Crippen molar-refractivity contribution in [2.75, 3.05) is 0 Å². The number of aryl methyl sites for hydroxylation is 1. The Morgan fingerprint density at radius 3 is 2.44 bits per heavy atom. The Morgan fingerprint density at radius 2 is 2.00 bits per heavy atom. The van der Waals surface area contributed by atoms with Gasteiger partial charge in [0.15, 0.2) is 11.7 Å². The summed E-state index contributed by atoms with van der Waals surface area (Å²) in [7, 11) is 0. The van der Waals surface area contributed by atoms with E-state index in [0.717, 1.165) is 17.0 Å². The molecule has 0 aromatic carbocycles. The van der Waals surface area contributed by atoms with Gasteiger partial charge in [-0.15, -0.1) is 0 Å². The summed E-state index contributed by atoms with van der Waals surface area (Å²) in [6, 6.07) is 0. The summed E-state index contributed by atoms with van der Waals surface area (Å²) in [5.41, 5.74) is 8.82. The van der Waals surface area contributed by atoms with Crippen LogP contribution in [0.1, 0.15) is 22.6 Å². The fraction of sp³-hybridized carbons (Fsp3) is 0.273. The van der Waals surface area contributed by atoms with Gasteiger partial charge >= 0.3 is 0 Å². The highest BCUT2D eigenvalue weighted by Crippen LogP contribution is 2.14. The van der Waals surface area contributed by atoms with Gasteiger partial charge in [0.2, 0.25) is 0 Å². The maximum absolute atomic E-state index is 8.54. The van der Waals surface area contributed by atoms with Crippen LogP contribution in [0.25, 0.3) is 5.82 Å². The average molecular weight is 246 g/mol. The number of nitrogens with zero attached hydrogens (tertiary/aromatic N) is 5. The van der Waals surface area contributed by atoms with Crippen LogP contribution in [0.3, 0.4) is 0 Å². The molecule has 7 nitrogen and oxygen atoms in total. The van der Waals surface area contributed by atoms with Gasteiger partial charge in [-0.05, 0) is 26.3 Å². The molecular weight excluding hydrogens is 232 g/mol. The smallest absolute Gasteiger partial charge is 0.190 e. The molecule has 0 saturated carbocycles. The molecule has 0 spiro atoms. The van der Waals surface area contributed by atoms with Crippen molar-refractivity contribution >= 4 is 5.84 Å². The lowest BCUT2D eigenvalue weighted by molar-refractivity contribution is 0.318. The number of nitrogens with two attached hydrogens (primary N) is 1. The van der Waals surface area contributed by atoms with Gasteiger partial charge in [0.1, 0.15) is 5.69 Å². The van der Waals surface area contributed by atoms with Crippen LogP contribution < -0.4 is 5.73 Å². The molecule has 0 bridgehead atoms. The van der Waals surface area contributed by atoms with Gasteiger partial charge in [-0.2, -0.15) is 5.10 Å². The molecular formula is C11H14N6O. The molecule has 0 aliphatic rings. The van der Waals surface area contributed by atoms with Crippen LogP contribution in [0.15, 0.2) is 17.5 Å². The summed E-state index contributed by atoms with van der Waals surface area (Å²) >= 11 is 0. The van der Waals surface area contributed by atoms with Crippen LogP contribution in [0.4, 0.5) is 0 Å². The van der Waals surface area contributed by atoms with E-state index in [2.05, 4.69) is 20.2 Å². The van der Waals surface area contributed by atoms with E-state index in [-0.39, 0.29) is 5.84 Å². The average Bonchev–Trinajstić information content (AvgIpc) is 2.66. The molecule has 2 heterocycles. The van der Waals surface area contributed by atoms with Crippen LogP contribution in [-0.2, 0) is 0 Å². The topological polar surface area (TPSA) is 102 Å². The van der Waals surface area contributed by atoms with Crippen molar-refractivity contribution in [3.63, 3.8) is 0 Å². The zero-order valence-corrected chi connectivity index (χ0v) is 10.4. The monoisotopic (exact) mass is 246 g/mol. The second kappa shape index (κ2) is 4.44. The summed E-state index contributed by atoms with van der Waals surface area (Å²) in [5, 5.41) is 15.8. The van der Waals surface area contributed by atoms with Gasteiger partial charge in [0.05, 0.1) is 18.1 Å². The fourth-order valence-electron chi connectivity index (χ4n) is 1.56. The van der Waals surface area contributed by atoms with Crippen molar-refractivity contribution in [1.29, 1.82) is 0 Å².